The first-order valence-electron chi connectivity index (χ1n) is 12.0. The Kier molecular flexibility index (Phi) is 5.25. The number of imidazole rings is 1. The Morgan fingerprint density at radius 2 is 1.83 bits per heavy atom. The molecular formula is C25H28N8O2. The number of fused-ring (bicyclic) bond motifs is 2. The Morgan fingerprint density at radius 3 is 2.57 bits per heavy atom. The number of ether oxygens (including phenoxy) is 1. The van der Waals surface area contributed by atoms with Crippen molar-refractivity contribution < 1.29 is 9.53 Å². The number of aromatic nitrogens is 5. The van der Waals surface area contributed by atoms with Gasteiger partial charge in [-0.3, -0.25) is 9.78 Å². The molecule has 2 atom stereocenters. The van der Waals surface area contributed by atoms with Gasteiger partial charge in [0.2, 0.25) is 0 Å². The van der Waals surface area contributed by atoms with Gasteiger partial charge in [-0.2, -0.15) is 0 Å². The minimum Gasteiger partial charge on any atom is -0.486 e. The number of piperazine rings is 1. The van der Waals surface area contributed by atoms with E-state index in [1.807, 2.05) is 29.8 Å². The van der Waals surface area contributed by atoms with E-state index in [-0.39, 0.29) is 12.0 Å². The van der Waals surface area contributed by atoms with Gasteiger partial charge in [-0.1, -0.05) is 0 Å². The number of nitrogens with one attached hydrogen (secondary N) is 2. The summed E-state index contributed by atoms with van der Waals surface area (Å²) in [6.45, 7) is 7.85. The predicted octanol–water partition coefficient (Wildman–Crippen LogP) is 2.96. The van der Waals surface area contributed by atoms with E-state index in [2.05, 4.69) is 49.3 Å². The van der Waals surface area contributed by atoms with Crippen molar-refractivity contribution in [2.75, 3.05) is 23.3 Å². The minimum atomic E-state index is -0.301. The third-order valence-corrected chi connectivity index (χ3v) is 6.30. The Hall–Kier alpha value is -3.79. The molecule has 0 bridgehead atoms. The quantitative estimate of drug-likeness (QED) is 0.456. The fourth-order valence-corrected chi connectivity index (χ4v) is 4.75. The van der Waals surface area contributed by atoms with Crippen LogP contribution in [0.2, 0.25) is 0 Å². The van der Waals surface area contributed by atoms with Gasteiger partial charge in [0.05, 0.1) is 23.0 Å². The summed E-state index contributed by atoms with van der Waals surface area (Å²) in [6.07, 6.45) is 10.9. The van der Waals surface area contributed by atoms with E-state index in [1.54, 1.807) is 18.6 Å². The van der Waals surface area contributed by atoms with Crippen molar-refractivity contribution in [2.24, 2.45) is 0 Å². The third-order valence-electron chi connectivity index (χ3n) is 6.30. The Balaban J connectivity index is 1.34. The monoisotopic (exact) mass is 472 g/mol. The van der Waals surface area contributed by atoms with E-state index in [1.165, 1.54) is 0 Å². The van der Waals surface area contributed by atoms with Gasteiger partial charge < -0.3 is 24.7 Å². The summed E-state index contributed by atoms with van der Waals surface area (Å²) in [5.74, 6) is 1.11. The maximum absolute atomic E-state index is 13.4. The second kappa shape index (κ2) is 8.46. The van der Waals surface area contributed by atoms with Crippen LogP contribution in [0.15, 0.2) is 37.1 Å². The van der Waals surface area contributed by atoms with Crippen LogP contribution in [-0.2, 0) is 0 Å². The molecule has 10 heteroatoms. The number of amides is 1. The van der Waals surface area contributed by atoms with Crippen LogP contribution in [0, 0.1) is 6.92 Å². The van der Waals surface area contributed by atoms with Gasteiger partial charge in [0.15, 0.2) is 17.2 Å². The van der Waals surface area contributed by atoms with E-state index in [0.717, 1.165) is 43.1 Å². The van der Waals surface area contributed by atoms with Crippen molar-refractivity contribution in [2.45, 2.75) is 51.8 Å². The highest BCUT2D eigenvalue weighted by molar-refractivity contribution is 6.12. The average Bonchev–Trinajstić information content (AvgIpc) is 3.55. The van der Waals surface area contributed by atoms with Gasteiger partial charge in [0, 0.05) is 62.2 Å². The van der Waals surface area contributed by atoms with Crippen LogP contribution in [0.1, 0.15) is 42.7 Å². The van der Waals surface area contributed by atoms with E-state index in [9.17, 15) is 4.79 Å². The molecule has 2 fully saturated rings. The number of aryl methyl sites for hydroxylation is 1. The van der Waals surface area contributed by atoms with Crippen molar-refractivity contribution in [3.63, 3.8) is 0 Å². The van der Waals surface area contributed by atoms with Gasteiger partial charge >= 0.3 is 0 Å². The lowest BCUT2D eigenvalue weighted by Gasteiger charge is -2.37. The molecule has 0 unspecified atom stereocenters. The number of hydrogen-bond acceptors (Lipinski definition) is 8. The molecule has 1 saturated carbocycles. The second-order valence-electron chi connectivity index (χ2n) is 9.60. The van der Waals surface area contributed by atoms with Crippen molar-refractivity contribution >= 4 is 34.1 Å². The van der Waals surface area contributed by atoms with Crippen LogP contribution in [0.5, 0.6) is 5.75 Å². The zero-order chi connectivity index (χ0) is 24.1. The summed E-state index contributed by atoms with van der Waals surface area (Å²) in [7, 11) is 0. The number of rotatable bonds is 5. The molecule has 2 N–H and O–H groups in total. The first-order chi connectivity index (χ1) is 16.9. The predicted molar refractivity (Wildman–Crippen MR) is 133 cm³/mol. The molecule has 0 spiro atoms. The second-order valence-corrected chi connectivity index (χ2v) is 9.60. The maximum Gasteiger partial charge on any atom is 0.259 e. The van der Waals surface area contributed by atoms with Crippen LogP contribution < -0.4 is 20.3 Å². The standard InChI is InChI=1S/C25H28N8O2/c1-14-10-32(11-15(2)29-14)24-22-21(26-6-7-27-22)19(9-28-24)25(34)31-17-8-20(35-18-4-5-18)23-30-16(3)12-33(23)13-17/h6-9,12-15,18,29H,4-5,10-11H2,1-3H3,(H,31,34)/t14-,15-/m1/s1. The number of hydrogen-bond donors (Lipinski definition) is 2. The highest BCUT2D eigenvalue weighted by Crippen LogP contribution is 2.32. The Labute approximate surface area is 202 Å². The first-order valence-corrected chi connectivity index (χ1v) is 12.0. The summed E-state index contributed by atoms with van der Waals surface area (Å²) in [5, 5.41) is 6.53. The first kappa shape index (κ1) is 21.7. The van der Waals surface area contributed by atoms with E-state index in [0.29, 0.717) is 40.1 Å². The van der Waals surface area contributed by atoms with E-state index in [4.69, 9.17) is 4.74 Å². The van der Waals surface area contributed by atoms with Crippen molar-refractivity contribution in [1.29, 1.82) is 0 Å². The molecule has 10 nitrogen and oxygen atoms in total. The van der Waals surface area contributed by atoms with Crippen molar-refractivity contribution in [3.05, 3.63) is 48.3 Å². The molecule has 0 radical (unpaired) electrons. The molecule has 180 valence electrons. The van der Waals surface area contributed by atoms with Gasteiger partial charge in [0.1, 0.15) is 11.0 Å². The Morgan fingerprint density at radius 1 is 1.09 bits per heavy atom. The summed E-state index contributed by atoms with van der Waals surface area (Å²) in [5.41, 5.74) is 3.77. The molecule has 1 aliphatic carbocycles. The molecule has 6 rings (SSSR count). The fourth-order valence-electron chi connectivity index (χ4n) is 4.75. The summed E-state index contributed by atoms with van der Waals surface area (Å²) in [4.78, 5) is 33.9. The highest BCUT2D eigenvalue weighted by Gasteiger charge is 2.27. The number of carbonyl (C=O) groups excluding carboxylic acids is 1. The Bertz CT molecular complexity index is 1420. The molecule has 4 aromatic heterocycles. The smallest absolute Gasteiger partial charge is 0.259 e. The van der Waals surface area contributed by atoms with Gasteiger partial charge in [-0.25, -0.2) is 15.0 Å². The number of nitrogens with zero attached hydrogens (tertiary/aromatic N) is 6. The van der Waals surface area contributed by atoms with Crippen molar-refractivity contribution in [1.82, 2.24) is 29.7 Å². The molecule has 2 aliphatic rings. The summed E-state index contributed by atoms with van der Waals surface area (Å²) >= 11 is 0. The number of pyridine rings is 2. The van der Waals surface area contributed by atoms with Crippen LogP contribution in [0.4, 0.5) is 11.5 Å². The zero-order valence-electron chi connectivity index (χ0n) is 20.0. The highest BCUT2D eigenvalue weighted by atomic mass is 16.5. The topological polar surface area (TPSA) is 110 Å². The molecule has 1 amide bonds. The van der Waals surface area contributed by atoms with E-state index < -0.39 is 0 Å². The molecule has 5 heterocycles. The number of anilines is 2. The number of carbonyl (C=O) groups is 1. The summed E-state index contributed by atoms with van der Waals surface area (Å²) < 4.78 is 7.95. The van der Waals surface area contributed by atoms with Gasteiger partial charge in [-0.05, 0) is 33.6 Å². The lowest BCUT2D eigenvalue weighted by Crippen LogP contribution is -2.54. The zero-order valence-corrected chi connectivity index (χ0v) is 20.0. The van der Waals surface area contributed by atoms with Gasteiger partial charge in [-0.15, -0.1) is 0 Å². The van der Waals surface area contributed by atoms with Crippen LogP contribution in [0.3, 0.4) is 0 Å². The normalized spacial score (nSPS) is 20.4. The minimum absolute atomic E-state index is 0.216. The summed E-state index contributed by atoms with van der Waals surface area (Å²) in [6, 6.07) is 2.48. The molecule has 35 heavy (non-hydrogen) atoms. The molecule has 1 saturated heterocycles. The van der Waals surface area contributed by atoms with Crippen LogP contribution >= 0.6 is 0 Å². The largest absolute Gasteiger partial charge is 0.486 e. The van der Waals surface area contributed by atoms with Crippen LogP contribution in [0.25, 0.3) is 16.7 Å². The average molecular weight is 473 g/mol. The molecule has 0 aromatic carbocycles. The van der Waals surface area contributed by atoms with Crippen molar-refractivity contribution in [3.8, 4) is 5.75 Å². The fraction of sp³-hybridized carbons (Fsp3) is 0.400. The lowest BCUT2D eigenvalue weighted by molar-refractivity contribution is 0.102. The third kappa shape index (κ3) is 4.25. The van der Waals surface area contributed by atoms with E-state index >= 15 is 0 Å². The van der Waals surface area contributed by atoms with Crippen LogP contribution in [-0.4, -0.2) is 61.5 Å². The lowest BCUT2D eigenvalue weighted by atomic mass is 10.1. The molecular weight excluding hydrogens is 444 g/mol. The maximum atomic E-state index is 13.4. The molecule has 4 aromatic rings. The van der Waals surface area contributed by atoms with Gasteiger partial charge in [0.25, 0.3) is 5.91 Å². The molecule has 1 aliphatic heterocycles. The SMILES string of the molecule is Cc1cn2cc(NC(=O)c3cnc(N4C[C@@H](C)N[C@H](C)C4)c4nccnc34)cc(OC3CC3)c2n1.